The summed E-state index contributed by atoms with van der Waals surface area (Å²) in [6.45, 7) is 6.92. The van der Waals surface area contributed by atoms with Gasteiger partial charge in [-0.05, 0) is 36.6 Å². The fraction of sp³-hybridized carbons (Fsp3) is 0.579. The van der Waals surface area contributed by atoms with E-state index in [1.165, 1.54) is 0 Å². The lowest BCUT2D eigenvalue weighted by molar-refractivity contribution is -0.134. The van der Waals surface area contributed by atoms with E-state index in [2.05, 4.69) is 17.1 Å². The predicted octanol–water partition coefficient (Wildman–Crippen LogP) is 1.23. The highest BCUT2D eigenvalue weighted by Gasteiger charge is 2.41. The molecule has 1 saturated carbocycles. The summed E-state index contributed by atoms with van der Waals surface area (Å²) in [5.74, 6) is 1.85. The quantitative estimate of drug-likeness (QED) is 0.842. The standard InChI is InChI=1S/C19H27N3O3/c1-14-13-17(14)19(24)22-11-9-21(10-12-22)8-7-20-18(23)15-3-5-16(25-2)6-4-15/h3-6,14,17H,7-13H2,1-2H3,(H,20,23)/t14-,17+/m0/s1. The molecule has 0 spiro atoms. The highest BCUT2D eigenvalue weighted by atomic mass is 16.5. The van der Waals surface area contributed by atoms with E-state index in [4.69, 9.17) is 4.74 Å². The maximum Gasteiger partial charge on any atom is 0.251 e. The number of benzene rings is 1. The molecule has 1 N–H and O–H groups in total. The zero-order valence-corrected chi connectivity index (χ0v) is 15.0. The number of hydrogen-bond donors (Lipinski definition) is 1. The van der Waals surface area contributed by atoms with E-state index in [1.807, 2.05) is 4.90 Å². The fourth-order valence-corrected chi connectivity index (χ4v) is 3.26. The molecule has 6 nitrogen and oxygen atoms in total. The van der Waals surface area contributed by atoms with Gasteiger partial charge in [-0.15, -0.1) is 0 Å². The van der Waals surface area contributed by atoms with Crippen molar-refractivity contribution < 1.29 is 14.3 Å². The lowest BCUT2D eigenvalue weighted by Crippen LogP contribution is -2.50. The first-order valence-corrected chi connectivity index (χ1v) is 9.02. The Hall–Kier alpha value is -2.08. The number of hydrogen-bond acceptors (Lipinski definition) is 4. The Labute approximate surface area is 149 Å². The third-order valence-electron chi connectivity index (χ3n) is 5.18. The lowest BCUT2D eigenvalue weighted by atomic mass is 10.2. The van der Waals surface area contributed by atoms with Crippen LogP contribution in [-0.2, 0) is 4.79 Å². The van der Waals surface area contributed by atoms with Crippen LogP contribution in [0.3, 0.4) is 0 Å². The number of nitrogens with zero attached hydrogens (tertiary/aromatic N) is 2. The first kappa shape index (κ1) is 17.7. The Bertz CT molecular complexity index is 609. The van der Waals surface area contributed by atoms with Gasteiger partial charge in [-0.3, -0.25) is 14.5 Å². The van der Waals surface area contributed by atoms with Gasteiger partial charge in [0, 0.05) is 50.7 Å². The van der Waals surface area contributed by atoms with Crippen LogP contribution in [-0.4, -0.2) is 68.0 Å². The number of rotatable bonds is 6. The second kappa shape index (κ2) is 7.87. The van der Waals surface area contributed by atoms with E-state index in [0.29, 0.717) is 23.9 Å². The molecule has 3 rings (SSSR count). The second-order valence-corrected chi connectivity index (χ2v) is 6.97. The van der Waals surface area contributed by atoms with Crippen molar-refractivity contribution in [3.8, 4) is 5.75 Å². The summed E-state index contributed by atoms with van der Waals surface area (Å²) in [6.07, 6.45) is 1.05. The Kier molecular flexibility index (Phi) is 5.58. The minimum Gasteiger partial charge on any atom is -0.497 e. The Morgan fingerprint density at radius 3 is 2.36 bits per heavy atom. The minimum atomic E-state index is -0.0702. The summed E-state index contributed by atoms with van der Waals surface area (Å²) in [6, 6.07) is 7.09. The van der Waals surface area contributed by atoms with Gasteiger partial charge in [-0.25, -0.2) is 0 Å². The van der Waals surface area contributed by atoms with Gasteiger partial charge in [0.25, 0.3) is 5.91 Å². The molecule has 1 saturated heterocycles. The maximum atomic E-state index is 12.2. The fourth-order valence-electron chi connectivity index (χ4n) is 3.26. The molecule has 1 aliphatic carbocycles. The Morgan fingerprint density at radius 1 is 1.16 bits per heavy atom. The van der Waals surface area contributed by atoms with Gasteiger partial charge in [0.1, 0.15) is 5.75 Å². The van der Waals surface area contributed by atoms with Crippen molar-refractivity contribution >= 4 is 11.8 Å². The number of carbonyl (C=O) groups is 2. The van der Waals surface area contributed by atoms with Crippen LogP contribution in [0.1, 0.15) is 23.7 Å². The molecule has 0 aromatic heterocycles. The van der Waals surface area contributed by atoms with Gasteiger partial charge in [0.05, 0.1) is 7.11 Å². The molecule has 136 valence electrons. The van der Waals surface area contributed by atoms with E-state index in [9.17, 15) is 9.59 Å². The summed E-state index contributed by atoms with van der Waals surface area (Å²) in [5, 5.41) is 2.95. The highest BCUT2D eigenvalue weighted by molar-refractivity contribution is 5.94. The van der Waals surface area contributed by atoms with Crippen LogP contribution in [0.5, 0.6) is 5.75 Å². The summed E-state index contributed by atoms with van der Waals surface area (Å²) in [5.41, 5.74) is 0.634. The van der Waals surface area contributed by atoms with E-state index < -0.39 is 0 Å². The number of methoxy groups -OCH3 is 1. The third kappa shape index (κ3) is 4.51. The summed E-state index contributed by atoms with van der Waals surface area (Å²) in [4.78, 5) is 28.6. The van der Waals surface area contributed by atoms with Gasteiger partial charge < -0.3 is 15.0 Å². The molecule has 0 unspecified atom stereocenters. The Morgan fingerprint density at radius 2 is 1.80 bits per heavy atom. The molecule has 1 aromatic carbocycles. The first-order valence-electron chi connectivity index (χ1n) is 9.02. The van der Waals surface area contributed by atoms with Crippen LogP contribution in [0, 0.1) is 11.8 Å². The number of nitrogens with one attached hydrogen (secondary N) is 1. The normalized spacial score (nSPS) is 23.2. The van der Waals surface area contributed by atoms with Gasteiger partial charge in [-0.2, -0.15) is 0 Å². The topological polar surface area (TPSA) is 61.9 Å². The summed E-state index contributed by atoms with van der Waals surface area (Å²) in [7, 11) is 1.60. The molecule has 1 heterocycles. The zero-order valence-electron chi connectivity index (χ0n) is 15.0. The van der Waals surface area contributed by atoms with Crippen LogP contribution in [0.4, 0.5) is 0 Å². The average molecular weight is 345 g/mol. The van der Waals surface area contributed by atoms with E-state index in [1.54, 1.807) is 31.4 Å². The summed E-state index contributed by atoms with van der Waals surface area (Å²) < 4.78 is 5.09. The molecule has 1 aliphatic heterocycles. The molecular weight excluding hydrogens is 318 g/mol. The molecule has 1 aromatic rings. The number of amides is 2. The van der Waals surface area contributed by atoms with Gasteiger partial charge in [-0.1, -0.05) is 6.92 Å². The summed E-state index contributed by atoms with van der Waals surface area (Å²) >= 11 is 0. The zero-order chi connectivity index (χ0) is 17.8. The third-order valence-corrected chi connectivity index (χ3v) is 5.18. The molecule has 0 bridgehead atoms. The monoisotopic (exact) mass is 345 g/mol. The molecule has 2 amide bonds. The Balaban J connectivity index is 1.35. The maximum absolute atomic E-state index is 12.2. The molecule has 0 radical (unpaired) electrons. The van der Waals surface area contributed by atoms with Crippen LogP contribution in [0.15, 0.2) is 24.3 Å². The molecule has 25 heavy (non-hydrogen) atoms. The van der Waals surface area contributed by atoms with E-state index in [-0.39, 0.29) is 11.8 Å². The highest BCUT2D eigenvalue weighted by Crippen LogP contribution is 2.39. The van der Waals surface area contributed by atoms with Crippen LogP contribution < -0.4 is 10.1 Å². The van der Waals surface area contributed by atoms with Crippen molar-refractivity contribution in [1.82, 2.24) is 15.1 Å². The van der Waals surface area contributed by atoms with Crippen molar-refractivity contribution in [1.29, 1.82) is 0 Å². The average Bonchev–Trinajstić information content (AvgIpc) is 3.38. The number of carbonyl (C=O) groups excluding carboxylic acids is 2. The van der Waals surface area contributed by atoms with Crippen LogP contribution >= 0.6 is 0 Å². The lowest BCUT2D eigenvalue weighted by Gasteiger charge is -2.35. The molecule has 2 aliphatic rings. The van der Waals surface area contributed by atoms with Crippen LogP contribution in [0.25, 0.3) is 0 Å². The largest absolute Gasteiger partial charge is 0.497 e. The van der Waals surface area contributed by atoms with Crippen LogP contribution in [0.2, 0.25) is 0 Å². The van der Waals surface area contributed by atoms with Crippen molar-refractivity contribution in [2.24, 2.45) is 11.8 Å². The number of piperazine rings is 1. The van der Waals surface area contributed by atoms with Crippen molar-refractivity contribution in [3.05, 3.63) is 29.8 Å². The van der Waals surface area contributed by atoms with Gasteiger partial charge >= 0.3 is 0 Å². The van der Waals surface area contributed by atoms with Gasteiger partial charge in [0.2, 0.25) is 5.91 Å². The molecule has 2 atom stereocenters. The SMILES string of the molecule is COc1ccc(C(=O)NCCN2CCN(C(=O)[C@@H]3C[C@@H]3C)CC2)cc1. The second-order valence-electron chi connectivity index (χ2n) is 6.97. The predicted molar refractivity (Wildman–Crippen MR) is 95.6 cm³/mol. The van der Waals surface area contributed by atoms with Crippen molar-refractivity contribution in [2.75, 3.05) is 46.4 Å². The molecular formula is C19H27N3O3. The van der Waals surface area contributed by atoms with Crippen molar-refractivity contribution in [3.63, 3.8) is 0 Å². The van der Waals surface area contributed by atoms with Crippen molar-refractivity contribution in [2.45, 2.75) is 13.3 Å². The van der Waals surface area contributed by atoms with E-state index in [0.717, 1.165) is 44.9 Å². The first-order chi connectivity index (χ1) is 12.1. The molecule has 6 heteroatoms. The number of ether oxygens (including phenoxy) is 1. The smallest absolute Gasteiger partial charge is 0.251 e. The van der Waals surface area contributed by atoms with Gasteiger partial charge in [0.15, 0.2) is 0 Å². The minimum absolute atomic E-state index is 0.0702. The molecule has 2 fully saturated rings. The van der Waals surface area contributed by atoms with E-state index >= 15 is 0 Å².